The highest BCUT2D eigenvalue weighted by Gasteiger charge is 2.34. The Labute approximate surface area is 200 Å². The summed E-state index contributed by atoms with van der Waals surface area (Å²) in [5.74, 6) is -2.06. The topological polar surface area (TPSA) is 139 Å². The first-order valence-corrected chi connectivity index (χ1v) is 11.9. The van der Waals surface area contributed by atoms with E-state index in [1.54, 1.807) is 18.4 Å². The molecule has 0 spiro atoms. The van der Waals surface area contributed by atoms with Gasteiger partial charge >= 0.3 is 5.97 Å². The number of carbonyl (C=O) groups is 3. The zero-order chi connectivity index (χ0) is 24.7. The number of nitrogens with zero attached hydrogens (tertiary/aromatic N) is 2. The lowest BCUT2D eigenvalue weighted by atomic mass is 9.83. The van der Waals surface area contributed by atoms with Crippen LogP contribution in [0.4, 0.5) is 5.69 Å². The Balaban J connectivity index is 1.75. The van der Waals surface area contributed by atoms with E-state index in [1.165, 1.54) is 42.1 Å². The predicted molar refractivity (Wildman–Crippen MR) is 125 cm³/mol. The summed E-state index contributed by atoms with van der Waals surface area (Å²) >= 11 is 1.19. The zero-order valence-electron chi connectivity index (χ0n) is 18.5. The van der Waals surface area contributed by atoms with Crippen LogP contribution in [0.15, 0.2) is 47.4 Å². The van der Waals surface area contributed by atoms with E-state index in [0.717, 1.165) is 19.3 Å². The highest BCUT2D eigenvalue weighted by Crippen LogP contribution is 2.30. The number of carbonyl (C=O) groups excluding carboxylic acids is 3. The van der Waals surface area contributed by atoms with Crippen molar-refractivity contribution in [2.75, 3.05) is 12.9 Å². The SMILES string of the molecule is CSc1ccc(C(=O)c2ccccc2C(=O)OCC(=O)NC2(C#N)CCCCC2)cc1[N+](=O)[O-]. The molecule has 1 fully saturated rings. The van der Waals surface area contributed by atoms with E-state index in [4.69, 9.17) is 4.74 Å². The molecule has 0 atom stereocenters. The molecule has 0 aliphatic heterocycles. The molecule has 1 N–H and O–H groups in total. The molecule has 9 nitrogen and oxygen atoms in total. The summed E-state index contributed by atoms with van der Waals surface area (Å²) in [4.78, 5) is 49.3. The van der Waals surface area contributed by atoms with Crippen molar-refractivity contribution in [2.24, 2.45) is 0 Å². The van der Waals surface area contributed by atoms with Crippen molar-refractivity contribution >= 4 is 35.1 Å². The van der Waals surface area contributed by atoms with Crippen LogP contribution in [-0.4, -0.2) is 41.0 Å². The summed E-state index contributed by atoms with van der Waals surface area (Å²) in [6.07, 6.45) is 5.45. The molecule has 2 aromatic rings. The van der Waals surface area contributed by atoms with Crippen LogP contribution >= 0.6 is 11.8 Å². The highest BCUT2D eigenvalue weighted by atomic mass is 32.2. The fourth-order valence-corrected chi connectivity index (χ4v) is 4.47. The van der Waals surface area contributed by atoms with Crippen LogP contribution in [0.1, 0.15) is 58.4 Å². The van der Waals surface area contributed by atoms with Gasteiger partial charge in [0.1, 0.15) is 5.54 Å². The van der Waals surface area contributed by atoms with Crippen molar-refractivity contribution in [2.45, 2.75) is 42.5 Å². The normalized spacial score (nSPS) is 14.5. The Kier molecular flexibility index (Phi) is 8.02. The van der Waals surface area contributed by atoms with Gasteiger partial charge < -0.3 is 10.1 Å². The molecule has 1 saturated carbocycles. The second kappa shape index (κ2) is 10.9. The summed E-state index contributed by atoms with van der Waals surface area (Å²) in [7, 11) is 0. The number of nitriles is 1. The fraction of sp³-hybridized carbons (Fsp3) is 0.333. The molecule has 2 aromatic carbocycles. The Morgan fingerprint density at radius 2 is 1.82 bits per heavy atom. The van der Waals surface area contributed by atoms with Gasteiger partial charge in [0, 0.05) is 17.2 Å². The average molecular weight is 482 g/mol. The minimum atomic E-state index is -0.951. The quantitative estimate of drug-likeness (QED) is 0.196. The molecule has 0 saturated heterocycles. The Hall–Kier alpha value is -3.71. The highest BCUT2D eigenvalue weighted by molar-refractivity contribution is 7.98. The molecule has 1 aliphatic carbocycles. The van der Waals surface area contributed by atoms with E-state index in [0.29, 0.717) is 17.7 Å². The van der Waals surface area contributed by atoms with Crippen molar-refractivity contribution in [1.29, 1.82) is 5.26 Å². The van der Waals surface area contributed by atoms with E-state index >= 15 is 0 Å². The third-order valence-electron chi connectivity index (χ3n) is 5.66. The van der Waals surface area contributed by atoms with Gasteiger partial charge in [-0.15, -0.1) is 11.8 Å². The number of benzene rings is 2. The zero-order valence-corrected chi connectivity index (χ0v) is 19.4. The standard InChI is InChI=1S/C24H23N3O6S/c1-34-20-10-9-16(13-19(20)27(31)32)22(29)17-7-3-4-8-18(17)23(30)33-14-21(28)26-24(15-25)11-5-2-6-12-24/h3-4,7-10,13H,2,5-6,11-12,14H2,1H3,(H,26,28). The molecule has 176 valence electrons. The van der Waals surface area contributed by atoms with Crippen molar-refractivity contribution in [3.05, 3.63) is 69.3 Å². The lowest BCUT2D eigenvalue weighted by Gasteiger charge is -2.31. The first-order valence-electron chi connectivity index (χ1n) is 10.7. The maximum atomic E-state index is 13.1. The number of nitro benzene ring substituents is 1. The molecule has 0 bridgehead atoms. The van der Waals surface area contributed by atoms with Crippen LogP contribution in [0.25, 0.3) is 0 Å². The molecule has 3 rings (SSSR count). The van der Waals surface area contributed by atoms with E-state index in [2.05, 4.69) is 11.4 Å². The van der Waals surface area contributed by atoms with E-state index in [-0.39, 0.29) is 22.4 Å². The Morgan fingerprint density at radius 3 is 2.44 bits per heavy atom. The summed E-state index contributed by atoms with van der Waals surface area (Å²) in [5.41, 5.74) is -1.17. The largest absolute Gasteiger partial charge is 0.452 e. The first-order chi connectivity index (χ1) is 16.3. The van der Waals surface area contributed by atoms with Crippen LogP contribution < -0.4 is 5.32 Å². The van der Waals surface area contributed by atoms with Gasteiger partial charge in [-0.2, -0.15) is 5.26 Å². The van der Waals surface area contributed by atoms with Crippen molar-refractivity contribution in [3.8, 4) is 6.07 Å². The van der Waals surface area contributed by atoms with Crippen LogP contribution in [0.2, 0.25) is 0 Å². The molecule has 0 heterocycles. The molecule has 0 radical (unpaired) electrons. The average Bonchev–Trinajstić information content (AvgIpc) is 2.86. The lowest BCUT2D eigenvalue weighted by Crippen LogP contribution is -2.50. The molecule has 1 amide bonds. The molecular formula is C24H23N3O6S. The third-order valence-corrected chi connectivity index (χ3v) is 6.45. The number of ether oxygens (including phenoxy) is 1. The lowest BCUT2D eigenvalue weighted by molar-refractivity contribution is -0.387. The fourth-order valence-electron chi connectivity index (χ4n) is 3.92. The Morgan fingerprint density at radius 1 is 1.15 bits per heavy atom. The summed E-state index contributed by atoms with van der Waals surface area (Å²) in [5, 5.41) is 23.5. The number of rotatable bonds is 8. The van der Waals surface area contributed by atoms with Gasteiger partial charge in [-0.05, 0) is 37.3 Å². The van der Waals surface area contributed by atoms with E-state index < -0.39 is 34.7 Å². The number of hydrogen-bond donors (Lipinski definition) is 1. The van der Waals surface area contributed by atoms with Crippen molar-refractivity contribution in [1.82, 2.24) is 5.32 Å². The second-order valence-electron chi connectivity index (χ2n) is 7.90. The number of hydrogen-bond acceptors (Lipinski definition) is 8. The maximum Gasteiger partial charge on any atom is 0.339 e. The molecule has 0 unspecified atom stereocenters. The number of esters is 1. The van der Waals surface area contributed by atoms with Gasteiger partial charge in [0.15, 0.2) is 12.4 Å². The van der Waals surface area contributed by atoms with Gasteiger partial charge in [0.25, 0.3) is 11.6 Å². The van der Waals surface area contributed by atoms with E-state index in [9.17, 15) is 29.8 Å². The molecular weight excluding hydrogens is 458 g/mol. The molecule has 0 aromatic heterocycles. The number of nitro groups is 1. The summed E-state index contributed by atoms with van der Waals surface area (Å²) < 4.78 is 5.12. The van der Waals surface area contributed by atoms with Crippen LogP contribution in [-0.2, 0) is 9.53 Å². The monoisotopic (exact) mass is 481 g/mol. The first kappa shape index (κ1) is 24.9. The predicted octanol–water partition coefficient (Wildman–Crippen LogP) is 4.05. The minimum Gasteiger partial charge on any atom is -0.452 e. The van der Waals surface area contributed by atoms with Gasteiger partial charge in [0.05, 0.1) is 21.5 Å². The van der Waals surface area contributed by atoms with Gasteiger partial charge in [-0.3, -0.25) is 19.7 Å². The molecule has 34 heavy (non-hydrogen) atoms. The van der Waals surface area contributed by atoms with Gasteiger partial charge in [-0.1, -0.05) is 37.5 Å². The smallest absolute Gasteiger partial charge is 0.339 e. The van der Waals surface area contributed by atoms with Gasteiger partial charge in [0.2, 0.25) is 0 Å². The van der Waals surface area contributed by atoms with Crippen molar-refractivity contribution in [3.63, 3.8) is 0 Å². The summed E-state index contributed by atoms with van der Waals surface area (Å²) in [6, 6.07) is 12.2. The molecule has 1 aliphatic rings. The third kappa shape index (κ3) is 5.61. The van der Waals surface area contributed by atoms with E-state index in [1.807, 2.05) is 0 Å². The van der Waals surface area contributed by atoms with Crippen LogP contribution in [0.3, 0.4) is 0 Å². The summed E-state index contributed by atoms with van der Waals surface area (Å²) in [6.45, 7) is -0.599. The van der Waals surface area contributed by atoms with Gasteiger partial charge in [-0.25, -0.2) is 4.79 Å². The molecule has 10 heteroatoms. The maximum absolute atomic E-state index is 13.1. The van der Waals surface area contributed by atoms with Crippen LogP contribution in [0.5, 0.6) is 0 Å². The van der Waals surface area contributed by atoms with Crippen LogP contribution in [0, 0.1) is 21.4 Å². The number of nitrogens with one attached hydrogen (secondary N) is 1. The second-order valence-corrected chi connectivity index (χ2v) is 8.75. The van der Waals surface area contributed by atoms with Crippen molar-refractivity contribution < 1.29 is 24.0 Å². The number of ketones is 1. The Bertz CT molecular complexity index is 1170. The number of amides is 1. The minimum absolute atomic E-state index is 0.000108. The number of thioether (sulfide) groups is 1.